The van der Waals surface area contributed by atoms with Crippen molar-refractivity contribution in [2.45, 2.75) is 19.4 Å². The third-order valence-corrected chi connectivity index (χ3v) is 5.34. The predicted octanol–water partition coefficient (Wildman–Crippen LogP) is 4.33. The van der Waals surface area contributed by atoms with Crippen LogP contribution in [0.4, 0.5) is 10.5 Å². The van der Waals surface area contributed by atoms with E-state index in [1.54, 1.807) is 31.2 Å². The van der Waals surface area contributed by atoms with Gasteiger partial charge in [0.15, 0.2) is 0 Å². The highest BCUT2D eigenvalue weighted by molar-refractivity contribution is 7.19. The van der Waals surface area contributed by atoms with Crippen LogP contribution < -0.4 is 15.4 Å². The average molecular weight is 370 g/mol. The number of rotatable bonds is 6. The predicted molar refractivity (Wildman–Crippen MR) is 106 cm³/mol. The minimum Gasteiger partial charge on any atom is -0.494 e. The van der Waals surface area contributed by atoms with Crippen molar-refractivity contribution in [3.63, 3.8) is 0 Å². The average Bonchev–Trinajstić information content (AvgIpc) is 3.07. The fourth-order valence-corrected chi connectivity index (χ4v) is 3.67. The molecule has 1 atom stereocenters. The highest BCUT2D eigenvalue weighted by atomic mass is 32.1. The van der Waals surface area contributed by atoms with Crippen LogP contribution in [0.5, 0.6) is 5.75 Å². The second-order valence-corrected chi connectivity index (χ2v) is 7.27. The fraction of sp³-hybridized carbons (Fsp3) is 0.250. The number of aliphatic hydroxyl groups is 1. The maximum absolute atomic E-state index is 12.1. The molecule has 0 fully saturated rings. The standard InChI is InChI=1S/C20H22N2O3S/c1-3-25-16-10-8-15(9-11-16)22-19(23)21-13-20(2,24)18-12-14-6-4-5-7-17(14)26-18/h4-12,24H,3,13H2,1-2H3,(H2,21,22,23). The minimum atomic E-state index is -1.14. The summed E-state index contributed by atoms with van der Waals surface area (Å²) in [6, 6.07) is 16.7. The lowest BCUT2D eigenvalue weighted by Crippen LogP contribution is -2.40. The molecule has 2 aromatic carbocycles. The molecule has 3 N–H and O–H groups in total. The highest BCUT2D eigenvalue weighted by Crippen LogP contribution is 2.32. The molecule has 26 heavy (non-hydrogen) atoms. The van der Waals surface area contributed by atoms with E-state index in [0.29, 0.717) is 12.3 Å². The lowest BCUT2D eigenvalue weighted by atomic mass is 10.0. The summed E-state index contributed by atoms with van der Waals surface area (Å²) in [6.45, 7) is 4.33. The van der Waals surface area contributed by atoms with E-state index in [1.165, 1.54) is 11.3 Å². The van der Waals surface area contributed by atoms with Gasteiger partial charge in [-0.1, -0.05) is 18.2 Å². The Kier molecular flexibility index (Phi) is 5.44. The van der Waals surface area contributed by atoms with E-state index in [4.69, 9.17) is 4.74 Å². The Hall–Kier alpha value is -2.57. The first-order chi connectivity index (χ1) is 12.5. The molecular formula is C20H22N2O3S. The summed E-state index contributed by atoms with van der Waals surface area (Å²) in [5.74, 6) is 0.756. The molecule has 1 heterocycles. The Morgan fingerprint density at radius 1 is 1.19 bits per heavy atom. The van der Waals surface area contributed by atoms with Crippen molar-refractivity contribution < 1.29 is 14.6 Å². The molecule has 6 heteroatoms. The van der Waals surface area contributed by atoms with Crippen LogP contribution >= 0.6 is 11.3 Å². The van der Waals surface area contributed by atoms with Gasteiger partial charge < -0.3 is 20.5 Å². The van der Waals surface area contributed by atoms with Crippen molar-refractivity contribution in [2.75, 3.05) is 18.5 Å². The molecule has 0 bridgehead atoms. The molecule has 136 valence electrons. The SMILES string of the molecule is CCOc1ccc(NC(=O)NCC(C)(O)c2cc3ccccc3s2)cc1. The van der Waals surface area contributed by atoms with Crippen molar-refractivity contribution in [1.82, 2.24) is 5.32 Å². The molecule has 0 radical (unpaired) electrons. The second kappa shape index (κ2) is 7.76. The van der Waals surface area contributed by atoms with Crippen molar-refractivity contribution in [3.8, 4) is 5.75 Å². The summed E-state index contributed by atoms with van der Waals surface area (Å²) in [6.07, 6.45) is 0. The molecule has 0 saturated heterocycles. The number of amides is 2. The number of carbonyl (C=O) groups is 1. The van der Waals surface area contributed by atoms with Crippen LogP contribution in [0, 0.1) is 0 Å². The summed E-state index contributed by atoms with van der Waals surface area (Å²) >= 11 is 1.53. The Balaban J connectivity index is 1.58. The number of nitrogens with one attached hydrogen (secondary N) is 2. The summed E-state index contributed by atoms with van der Waals surface area (Å²) in [5.41, 5.74) is -0.479. The third-order valence-electron chi connectivity index (χ3n) is 3.97. The Morgan fingerprint density at radius 2 is 1.92 bits per heavy atom. The van der Waals surface area contributed by atoms with Gasteiger partial charge in [-0.25, -0.2) is 4.79 Å². The summed E-state index contributed by atoms with van der Waals surface area (Å²) in [5, 5.41) is 17.3. The Morgan fingerprint density at radius 3 is 2.62 bits per heavy atom. The van der Waals surface area contributed by atoms with Gasteiger partial charge in [-0.3, -0.25) is 0 Å². The van der Waals surface area contributed by atoms with Crippen LogP contribution in [0.25, 0.3) is 10.1 Å². The van der Waals surface area contributed by atoms with Gasteiger partial charge in [0.1, 0.15) is 11.4 Å². The molecule has 0 spiro atoms. The number of urea groups is 1. The van der Waals surface area contributed by atoms with Crippen molar-refractivity contribution in [1.29, 1.82) is 0 Å². The van der Waals surface area contributed by atoms with E-state index in [2.05, 4.69) is 10.6 Å². The van der Waals surface area contributed by atoms with Gasteiger partial charge in [0.05, 0.1) is 13.2 Å². The normalized spacial score (nSPS) is 13.2. The van der Waals surface area contributed by atoms with Crippen LogP contribution in [0.1, 0.15) is 18.7 Å². The lowest BCUT2D eigenvalue weighted by molar-refractivity contribution is 0.0638. The van der Waals surface area contributed by atoms with E-state index < -0.39 is 5.60 Å². The van der Waals surface area contributed by atoms with E-state index in [9.17, 15) is 9.90 Å². The summed E-state index contributed by atoms with van der Waals surface area (Å²) < 4.78 is 6.48. The first kappa shape index (κ1) is 18.2. The molecule has 0 aliphatic heterocycles. The molecule has 3 aromatic rings. The van der Waals surface area contributed by atoms with E-state index >= 15 is 0 Å². The number of carbonyl (C=O) groups excluding carboxylic acids is 1. The quantitative estimate of drug-likeness (QED) is 0.605. The van der Waals surface area contributed by atoms with Gasteiger partial charge in [0.25, 0.3) is 0 Å². The van der Waals surface area contributed by atoms with Gasteiger partial charge in [0.2, 0.25) is 0 Å². The highest BCUT2D eigenvalue weighted by Gasteiger charge is 2.26. The van der Waals surface area contributed by atoms with E-state index in [0.717, 1.165) is 20.7 Å². The second-order valence-electron chi connectivity index (χ2n) is 6.19. The number of fused-ring (bicyclic) bond motifs is 1. The van der Waals surface area contributed by atoms with Crippen molar-refractivity contribution in [3.05, 3.63) is 59.5 Å². The van der Waals surface area contributed by atoms with Gasteiger partial charge in [-0.05, 0) is 55.6 Å². The first-order valence-electron chi connectivity index (χ1n) is 8.47. The number of thiophene rings is 1. The van der Waals surface area contributed by atoms with Gasteiger partial charge in [0, 0.05) is 15.3 Å². The summed E-state index contributed by atoms with van der Waals surface area (Å²) in [4.78, 5) is 12.9. The zero-order chi connectivity index (χ0) is 18.6. The Bertz CT molecular complexity index is 854. The molecule has 3 rings (SSSR count). The van der Waals surface area contributed by atoms with E-state index in [-0.39, 0.29) is 12.6 Å². The molecule has 1 unspecified atom stereocenters. The number of ether oxygens (including phenoxy) is 1. The molecule has 5 nitrogen and oxygen atoms in total. The minimum absolute atomic E-state index is 0.114. The lowest BCUT2D eigenvalue weighted by Gasteiger charge is -2.22. The zero-order valence-electron chi connectivity index (χ0n) is 14.8. The van der Waals surface area contributed by atoms with Crippen LogP contribution in [0.3, 0.4) is 0 Å². The smallest absolute Gasteiger partial charge is 0.319 e. The zero-order valence-corrected chi connectivity index (χ0v) is 15.6. The summed E-state index contributed by atoms with van der Waals surface area (Å²) in [7, 11) is 0. The number of hydrogen-bond donors (Lipinski definition) is 3. The van der Waals surface area contributed by atoms with Crippen LogP contribution in [0.15, 0.2) is 54.6 Å². The van der Waals surface area contributed by atoms with E-state index in [1.807, 2.05) is 37.3 Å². The topological polar surface area (TPSA) is 70.6 Å². The first-order valence-corrected chi connectivity index (χ1v) is 9.29. The van der Waals surface area contributed by atoms with Gasteiger partial charge in [-0.15, -0.1) is 11.3 Å². The van der Waals surface area contributed by atoms with Gasteiger partial charge in [-0.2, -0.15) is 0 Å². The monoisotopic (exact) mass is 370 g/mol. The molecular weight excluding hydrogens is 348 g/mol. The van der Waals surface area contributed by atoms with Crippen LogP contribution in [-0.2, 0) is 5.60 Å². The van der Waals surface area contributed by atoms with Crippen molar-refractivity contribution in [2.24, 2.45) is 0 Å². The Labute approximate surface area is 156 Å². The largest absolute Gasteiger partial charge is 0.494 e. The number of anilines is 1. The van der Waals surface area contributed by atoms with Crippen molar-refractivity contribution >= 4 is 33.1 Å². The van der Waals surface area contributed by atoms with Crippen LogP contribution in [-0.4, -0.2) is 24.3 Å². The van der Waals surface area contributed by atoms with Gasteiger partial charge >= 0.3 is 6.03 Å². The molecule has 0 aliphatic rings. The maximum atomic E-state index is 12.1. The molecule has 2 amide bonds. The molecule has 1 aromatic heterocycles. The van der Waals surface area contributed by atoms with Crippen LogP contribution in [0.2, 0.25) is 0 Å². The molecule has 0 saturated carbocycles. The number of benzene rings is 2. The number of hydrogen-bond acceptors (Lipinski definition) is 4. The fourth-order valence-electron chi connectivity index (χ4n) is 2.56. The maximum Gasteiger partial charge on any atom is 0.319 e. The third kappa shape index (κ3) is 4.33. The molecule has 0 aliphatic carbocycles.